The van der Waals surface area contributed by atoms with Crippen molar-refractivity contribution in [3.8, 4) is 0 Å². The van der Waals surface area contributed by atoms with E-state index in [9.17, 15) is 18.4 Å². The molecule has 0 N–H and O–H groups in total. The fourth-order valence-corrected chi connectivity index (χ4v) is 4.64. The topological polar surface area (TPSA) is 40.6 Å². The van der Waals surface area contributed by atoms with Gasteiger partial charge in [-0.15, -0.1) is 11.8 Å². The number of rotatable bonds is 6. The number of ketones is 1. The lowest BCUT2D eigenvalue weighted by molar-refractivity contribution is -0.126. The lowest BCUT2D eigenvalue weighted by Gasteiger charge is -2.41. The van der Waals surface area contributed by atoms with Gasteiger partial charge in [0.05, 0.1) is 10.8 Å². The first kappa shape index (κ1) is 22.8. The largest absolute Gasteiger partial charge is 0.365 e. The Labute approximate surface area is 188 Å². The predicted molar refractivity (Wildman–Crippen MR) is 117 cm³/mol. The third kappa shape index (κ3) is 5.45. The number of nitrogens with zero attached hydrogens (tertiary/aromatic N) is 2. The van der Waals surface area contributed by atoms with E-state index in [1.165, 1.54) is 6.07 Å². The molecule has 0 aromatic heterocycles. The van der Waals surface area contributed by atoms with Crippen molar-refractivity contribution in [1.82, 2.24) is 4.90 Å². The van der Waals surface area contributed by atoms with E-state index in [0.717, 1.165) is 17.4 Å². The molecular weight excluding hydrogens is 453 g/mol. The molecule has 1 saturated heterocycles. The zero-order valence-electron chi connectivity index (χ0n) is 16.2. The monoisotopic (exact) mass is 472 g/mol. The Bertz CT molecular complexity index is 945. The molecule has 2 aromatic carbocycles. The lowest BCUT2D eigenvalue weighted by Crippen LogP contribution is -2.53. The minimum absolute atomic E-state index is 0.104. The number of anilines is 1. The number of thioether (sulfide) groups is 1. The van der Waals surface area contributed by atoms with Gasteiger partial charge in [0.2, 0.25) is 5.78 Å². The first-order valence-electron chi connectivity index (χ1n) is 9.31. The molecule has 9 heteroatoms. The molecule has 0 bridgehead atoms. The Kier molecular flexibility index (Phi) is 7.60. The van der Waals surface area contributed by atoms with Gasteiger partial charge in [-0.05, 0) is 43.3 Å². The molecule has 30 heavy (non-hydrogen) atoms. The molecule has 1 amide bonds. The number of piperazine rings is 1. The molecule has 0 radical (unpaired) electrons. The predicted octanol–water partition coefficient (Wildman–Crippen LogP) is 5.27. The summed E-state index contributed by atoms with van der Waals surface area (Å²) in [5.74, 6) is -1.66. The van der Waals surface area contributed by atoms with Gasteiger partial charge in [0.15, 0.2) is 0 Å². The molecule has 2 aromatic rings. The van der Waals surface area contributed by atoms with E-state index < -0.39 is 12.2 Å². The van der Waals surface area contributed by atoms with Gasteiger partial charge in [0, 0.05) is 46.8 Å². The van der Waals surface area contributed by atoms with Crippen LogP contribution in [0.4, 0.5) is 14.5 Å². The molecule has 3 rings (SSSR count). The molecule has 1 atom stereocenters. The number of halogens is 4. The van der Waals surface area contributed by atoms with Crippen molar-refractivity contribution in [1.29, 1.82) is 0 Å². The van der Waals surface area contributed by atoms with Crippen LogP contribution in [0.1, 0.15) is 17.3 Å². The highest BCUT2D eigenvalue weighted by Crippen LogP contribution is 2.30. The average Bonchev–Trinajstić information content (AvgIpc) is 2.71. The van der Waals surface area contributed by atoms with Crippen LogP contribution in [-0.4, -0.2) is 54.4 Å². The summed E-state index contributed by atoms with van der Waals surface area (Å²) >= 11 is 13.2. The van der Waals surface area contributed by atoms with Crippen molar-refractivity contribution >= 4 is 52.3 Å². The maximum atomic E-state index is 12.9. The Morgan fingerprint density at radius 3 is 2.57 bits per heavy atom. The summed E-state index contributed by atoms with van der Waals surface area (Å²) in [6.07, 6.45) is -3.00. The fourth-order valence-electron chi connectivity index (χ4n) is 3.33. The van der Waals surface area contributed by atoms with Crippen LogP contribution >= 0.6 is 35.0 Å². The summed E-state index contributed by atoms with van der Waals surface area (Å²) in [6.45, 7) is 3.81. The van der Waals surface area contributed by atoms with Crippen LogP contribution in [0.3, 0.4) is 0 Å². The molecule has 0 saturated carbocycles. The van der Waals surface area contributed by atoms with Crippen molar-refractivity contribution in [2.24, 2.45) is 0 Å². The number of carbonyl (C=O) groups is 2. The van der Waals surface area contributed by atoms with Gasteiger partial charge in [-0.3, -0.25) is 9.59 Å². The molecule has 160 valence electrons. The van der Waals surface area contributed by atoms with Crippen LogP contribution in [0.25, 0.3) is 0 Å². The van der Waals surface area contributed by atoms with Gasteiger partial charge < -0.3 is 9.80 Å². The third-order valence-corrected chi connectivity index (χ3v) is 6.60. The van der Waals surface area contributed by atoms with Gasteiger partial charge in [0.1, 0.15) is 0 Å². The Morgan fingerprint density at radius 1 is 1.17 bits per heavy atom. The molecule has 0 unspecified atom stereocenters. The lowest BCUT2D eigenvalue weighted by atomic mass is 10.1. The second kappa shape index (κ2) is 9.98. The van der Waals surface area contributed by atoms with Crippen molar-refractivity contribution in [3.05, 3.63) is 58.1 Å². The second-order valence-electron chi connectivity index (χ2n) is 6.97. The first-order valence-corrected chi connectivity index (χ1v) is 11.0. The average molecular weight is 473 g/mol. The molecule has 1 fully saturated rings. The van der Waals surface area contributed by atoms with Crippen molar-refractivity contribution in [3.63, 3.8) is 0 Å². The number of Topliss-reactive ketones (excluding diaryl/α,β-unsaturated/α-hetero) is 1. The van der Waals surface area contributed by atoms with E-state index in [-0.39, 0.29) is 22.7 Å². The zero-order chi connectivity index (χ0) is 21.8. The van der Waals surface area contributed by atoms with E-state index in [1.54, 1.807) is 17.0 Å². The van der Waals surface area contributed by atoms with Crippen LogP contribution < -0.4 is 4.90 Å². The van der Waals surface area contributed by atoms with Gasteiger partial charge >= 0.3 is 0 Å². The maximum absolute atomic E-state index is 12.9. The maximum Gasteiger partial charge on any atom is 0.296 e. The fraction of sp³-hybridized carbons (Fsp3) is 0.333. The highest BCUT2D eigenvalue weighted by atomic mass is 35.5. The molecule has 0 spiro atoms. The van der Waals surface area contributed by atoms with E-state index in [1.807, 2.05) is 31.2 Å². The minimum Gasteiger partial charge on any atom is -0.365 e. The normalized spacial score (nSPS) is 16.8. The third-order valence-electron chi connectivity index (χ3n) is 4.85. The highest BCUT2D eigenvalue weighted by Gasteiger charge is 2.28. The van der Waals surface area contributed by atoms with E-state index in [4.69, 9.17) is 23.2 Å². The van der Waals surface area contributed by atoms with Gasteiger partial charge in [-0.25, -0.2) is 8.78 Å². The Balaban J connectivity index is 1.64. The van der Waals surface area contributed by atoms with E-state index >= 15 is 0 Å². The molecule has 1 aliphatic heterocycles. The summed E-state index contributed by atoms with van der Waals surface area (Å²) in [6, 6.07) is 12.4. The molecule has 4 nitrogen and oxygen atoms in total. The van der Waals surface area contributed by atoms with Crippen molar-refractivity contribution in [2.75, 3.05) is 30.3 Å². The second-order valence-corrected chi connectivity index (χ2v) is 8.84. The van der Waals surface area contributed by atoms with E-state index in [2.05, 4.69) is 4.90 Å². The summed E-state index contributed by atoms with van der Waals surface area (Å²) in [7, 11) is 0. The molecule has 1 aliphatic rings. The van der Waals surface area contributed by atoms with Crippen LogP contribution in [0.5, 0.6) is 0 Å². The van der Waals surface area contributed by atoms with Gasteiger partial charge in [-0.2, -0.15) is 0 Å². The standard InChI is InChI=1S/C21H20Cl2F2N2O2S/c1-13-11-26(7-8-27(13)16-4-2-3-15(22)10-16)21(29)14-5-6-19(17(23)9-14)30-12-18(28)20(24)25/h2-6,9-10,13,20H,7-8,11-12H2,1H3/t13-/m0/s1. The Morgan fingerprint density at radius 2 is 1.93 bits per heavy atom. The molecule has 1 heterocycles. The number of amides is 1. The van der Waals surface area contributed by atoms with Crippen LogP contribution in [-0.2, 0) is 4.79 Å². The minimum atomic E-state index is -3.00. The van der Waals surface area contributed by atoms with E-state index in [0.29, 0.717) is 35.1 Å². The summed E-state index contributed by atoms with van der Waals surface area (Å²) < 4.78 is 24.7. The smallest absolute Gasteiger partial charge is 0.296 e. The number of carbonyl (C=O) groups excluding carboxylic acids is 2. The number of hydrogen-bond acceptors (Lipinski definition) is 4. The quantitative estimate of drug-likeness (QED) is 0.536. The summed E-state index contributed by atoms with van der Waals surface area (Å²) in [4.78, 5) is 28.5. The SMILES string of the molecule is C[C@H]1CN(C(=O)c2ccc(SCC(=O)C(F)F)c(Cl)c2)CCN1c1cccc(Cl)c1. The zero-order valence-corrected chi connectivity index (χ0v) is 18.5. The summed E-state index contributed by atoms with van der Waals surface area (Å²) in [5, 5.41) is 0.930. The van der Waals surface area contributed by atoms with Crippen LogP contribution in [0, 0.1) is 0 Å². The number of alkyl halides is 2. The van der Waals surface area contributed by atoms with Gasteiger partial charge in [0.25, 0.3) is 12.3 Å². The first-order chi connectivity index (χ1) is 14.3. The molecular formula is C21H20Cl2F2N2O2S. The van der Waals surface area contributed by atoms with Crippen LogP contribution in [0.2, 0.25) is 10.0 Å². The summed E-state index contributed by atoms with van der Waals surface area (Å²) in [5.41, 5.74) is 1.44. The number of hydrogen-bond donors (Lipinski definition) is 0. The highest BCUT2D eigenvalue weighted by molar-refractivity contribution is 8.00. The van der Waals surface area contributed by atoms with Crippen molar-refractivity contribution < 1.29 is 18.4 Å². The molecule has 0 aliphatic carbocycles. The Hall–Kier alpha value is -1.83. The van der Waals surface area contributed by atoms with Gasteiger partial charge in [-0.1, -0.05) is 29.3 Å². The van der Waals surface area contributed by atoms with Crippen molar-refractivity contribution in [2.45, 2.75) is 24.3 Å². The number of benzene rings is 2. The van der Waals surface area contributed by atoms with Crippen LogP contribution in [0.15, 0.2) is 47.4 Å².